The summed E-state index contributed by atoms with van der Waals surface area (Å²) in [5.41, 5.74) is 4.68. The Morgan fingerprint density at radius 3 is 0.918 bits per heavy atom. The molecular weight excluding hydrogens is 911 g/mol. The van der Waals surface area contributed by atoms with Gasteiger partial charge in [0.05, 0.1) is 0 Å². The van der Waals surface area contributed by atoms with E-state index in [4.69, 9.17) is 21.3 Å². The fourth-order valence-electron chi connectivity index (χ4n) is 8.03. The molecule has 0 spiro atoms. The van der Waals surface area contributed by atoms with Crippen LogP contribution in [0.1, 0.15) is 142 Å². The second-order valence-corrected chi connectivity index (χ2v) is 17.5. The van der Waals surface area contributed by atoms with Crippen molar-refractivity contribution in [3.63, 3.8) is 0 Å². The first kappa shape index (κ1) is 54.4. The maximum atomic E-state index is 5.15. The molecule has 7 heteroatoms. The van der Waals surface area contributed by atoms with E-state index >= 15 is 0 Å². The summed E-state index contributed by atoms with van der Waals surface area (Å²) in [6.45, 7) is 26.9. The maximum absolute atomic E-state index is 5.15. The molecule has 0 heterocycles. The van der Waals surface area contributed by atoms with Crippen LogP contribution < -0.4 is 0 Å². The Bertz CT molecular complexity index is 1440. The van der Waals surface area contributed by atoms with Crippen LogP contribution in [0.2, 0.25) is 0 Å². The van der Waals surface area contributed by atoms with E-state index in [9.17, 15) is 0 Å². The second-order valence-electron chi connectivity index (χ2n) is 17.5. The molecule has 61 heavy (non-hydrogen) atoms. The Balaban J connectivity index is 0.000000315. The van der Waals surface area contributed by atoms with Crippen LogP contribution in [0.15, 0.2) is 121 Å². The number of benzene rings is 4. The van der Waals surface area contributed by atoms with Crippen molar-refractivity contribution in [1.82, 2.24) is 9.80 Å². The fraction of sp³-hybridized carbons (Fsp3) is 0.519. The molecule has 0 aliphatic heterocycles. The van der Waals surface area contributed by atoms with E-state index in [1.54, 1.807) is 0 Å². The van der Waals surface area contributed by atoms with Crippen LogP contribution in [0.4, 0.5) is 0 Å². The first-order chi connectivity index (χ1) is 28.9. The van der Waals surface area contributed by atoms with Crippen LogP contribution in [0, 0.1) is 13.8 Å². The summed E-state index contributed by atoms with van der Waals surface area (Å²) < 4.78 is 0. The zero-order chi connectivity index (χ0) is 43.5. The minimum absolute atomic E-state index is 0. The van der Waals surface area contributed by atoms with Gasteiger partial charge in [0.15, 0.2) is 0 Å². The summed E-state index contributed by atoms with van der Waals surface area (Å²) in [7, 11) is 0. The standard InChI is InChI=1S/2C20H33N3.2C7H7.Hf/c2*1-16(2)23(17(3)4)20(22-19-13-9-6-10-14-19)21-15-18-11-7-5-8-12-18;2*1-7-5-3-2-4-6-7;/h2*5,7-8,11-12,16-17,19-20H,6,9-10,13-15H2,1-4H3;2*2-6H,1H2;/q2*-2;2*-1;. The van der Waals surface area contributed by atoms with Gasteiger partial charge in [0.25, 0.3) is 0 Å². The minimum atomic E-state index is -0.0155. The summed E-state index contributed by atoms with van der Waals surface area (Å²) in [6.07, 6.45) is 13.0. The van der Waals surface area contributed by atoms with E-state index in [0.717, 1.165) is 24.2 Å². The van der Waals surface area contributed by atoms with Gasteiger partial charge >= 0.3 is 0 Å². The molecule has 0 amide bonds. The van der Waals surface area contributed by atoms with Gasteiger partial charge < -0.3 is 31.1 Å². The Hall–Kier alpha value is -2.75. The molecule has 0 N–H and O–H groups in total. The van der Waals surface area contributed by atoms with Crippen LogP contribution in [0.5, 0.6) is 0 Å². The van der Waals surface area contributed by atoms with Crippen molar-refractivity contribution in [2.75, 3.05) is 0 Å². The number of rotatable bonds is 16. The molecule has 2 saturated carbocycles. The summed E-state index contributed by atoms with van der Waals surface area (Å²) in [4.78, 5) is 4.88. The van der Waals surface area contributed by atoms with Crippen molar-refractivity contribution in [3.8, 4) is 0 Å². The van der Waals surface area contributed by atoms with Gasteiger partial charge in [0.1, 0.15) is 0 Å². The number of hydrogen-bond donors (Lipinski definition) is 0. The van der Waals surface area contributed by atoms with Gasteiger partial charge in [-0.25, -0.2) is 0 Å². The first-order valence-corrected chi connectivity index (χ1v) is 23.0. The van der Waals surface area contributed by atoms with Crippen molar-refractivity contribution in [1.29, 1.82) is 0 Å². The molecular formula is C54H80HfN6-6. The number of nitrogens with zero attached hydrogens (tertiary/aromatic N) is 6. The summed E-state index contributed by atoms with van der Waals surface area (Å²) in [6, 6.07) is 43.6. The zero-order valence-corrected chi connectivity index (χ0v) is 42.8. The second kappa shape index (κ2) is 32.0. The average molecular weight is 992 g/mol. The molecule has 0 saturated heterocycles. The Kier molecular flexibility index (Phi) is 28.5. The van der Waals surface area contributed by atoms with Crippen LogP contribution >= 0.6 is 0 Å². The van der Waals surface area contributed by atoms with Crippen molar-refractivity contribution in [2.45, 2.75) is 182 Å². The molecule has 336 valence electrons. The van der Waals surface area contributed by atoms with Crippen molar-refractivity contribution in [3.05, 3.63) is 179 Å². The van der Waals surface area contributed by atoms with E-state index in [-0.39, 0.29) is 38.4 Å². The molecule has 2 aliphatic carbocycles. The van der Waals surface area contributed by atoms with E-state index in [1.165, 1.54) is 75.3 Å². The molecule has 0 aromatic heterocycles. The van der Waals surface area contributed by atoms with Gasteiger partial charge in [-0.3, -0.25) is 0 Å². The predicted molar refractivity (Wildman–Crippen MR) is 261 cm³/mol. The maximum Gasteiger partial charge on any atom is 0.000655 e. The quantitative estimate of drug-likeness (QED) is 0.0829. The number of hydrogen-bond acceptors (Lipinski definition) is 2. The van der Waals surface area contributed by atoms with Gasteiger partial charge in [-0.2, -0.15) is 61.8 Å². The smallest absolute Gasteiger partial charge is 0.000655 e. The van der Waals surface area contributed by atoms with Crippen LogP contribution in [0.25, 0.3) is 21.3 Å². The molecule has 2 fully saturated rings. The van der Waals surface area contributed by atoms with E-state index in [0.29, 0.717) is 36.3 Å². The molecule has 2 atom stereocenters. The molecule has 0 bridgehead atoms. The molecule has 2 unspecified atom stereocenters. The monoisotopic (exact) mass is 993 g/mol. The summed E-state index contributed by atoms with van der Waals surface area (Å²) >= 11 is 0. The van der Waals surface area contributed by atoms with E-state index in [2.05, 4.69) is 140 Å². The Morgan fingerprint density at radius 2 is 0.689 bits per heavy atom. The van der Waals surface area contributed by atoms with Gasteiger partial charge in [-0.05, 0) is 55.4 Å². The van der Waals surface area contributed by atoms with Gasteiger partial charge in [-0.15, -0.1) is 49.4 Å². The third-order valence-corrected chi connectivity index (χ3v) is 11.0. The predicted octanol–water partition coefficient (Wildman–Crippen LogP) is 15.1. The van der Waals surface area contributed by atoms with Crippen LogP contribution in [-0.2, 0) is 38.9 Å². The van der Waals surface area contributed by atoms with Crippen LogP contribution in [-0.4, -0.2) is 58.6 Å². The van der Waals surface area contributed by atoms with Crippen molar-refractivity contribution < 1.29 is 25.8 Å². The normalized spacial score (nSPS) is 15.6. The summed E-state index contributed by atoms with van der Waals surface area (Å²) in [5, 5.41) is 20.3. The first-order valence-electron chi connectivity index (χ1n) is 23.0. The molecule has 4 aromatic rings. The van der Waals surface area contributed by atoms with Crippen molar-refractivity contribution >= 4 is 0 Å². The van der Waals surface area contributed by atoms with Crippen LogP contribution in [0.3, 0.4) is 0 Å². The minimum Gasteiger partial charge on any atom is -0.663 e. The van der Waals surface area contributed by atoms with E-state index < -0.39 is 0 Å². The van der Waals surface area contributed by atoms with Gasteiger partial charge in [-0.1, -0.05) is 148 Å². The van der Waals surface area contributed by atoms with Gasteiger partial charge in [0, 0.05) is 50.0 Å². The molecule has 0 radical (unpaired) electrons. The zero-order valence-electron chi connectivity index (χ0n) is 39.2. The topological polar surface area (TPSA) is 62.9 Å². The Morgan fingerprint density at radius 1 is 0.426 bits per heavy atom. The van der Waals surface area contributed by atoms with Crippen molar-refractivity contribution in [2.24, 2.45) is 0 Å². The average Bonchev–Trinajstić information content (AvgIpc) is 3.24. The molecule has 4 aromatic carbocycles. The fourth-order valence-corrected chi connectivity index (χ4v) is 8.03. The SMILES string of the molecule is CC(C)N(C(C)C)C([N-]Cc1ccccc1)[N-]C1CCCCC1.CC(C)N(C(C)C)C([N-]Cc1ccccc1)[N-]C1CCCCC1.[CH2-]c1ccccc1.[CH2-]c1ccccc1.[Hf]. The van der Waals surface area contributed by atoms with E-state index in [1.807, 2.05) is 60.7 Å². The third-order valence-electron chi connectivity index (χ3n) is 11.0. The summed E-state index contributed by atoms with van der Waals surface area (Å²) in [5.74, 6) is 0. The largest absolute Gasteiger partial charge is 0.663 e. The Labute approximate surface area is 393 Å². The molecule has 6 rings (SSSR count). The molecule has 6 nitrogen and oxygen atoms in total. The molecule has 2 aliphatic rings. The van der Waals surface area contributed by atoms with Gasteiger partial charge in [0.2, 0.25) is 0 Å². The third kappa shape index (κ3) is 23.0.